The molecule has 0 aliphatic rings. The van der Waals surface area contributed by atoms with Gasteiger partial charge in [0, 0.05) is 18.0 Å². The van der Waals surface area contributed by atoms with Crippen molar-refractivity contribution in [2.75, 3.05) is 13.7 Å². The van der Waals surface area contributed by atoms with E-state index in [1.165, 1.54) is 0 Å². The first-order valence-electron chi connectivity index (χ1n) is 6.18. The topological polar surface area (TPSA) is 38.3 Å². The van der Waals surface area contributed by atoms with Crippen molar-refractivity contribution in [1.82, 2.24) is 5.32 Å². The quantitative estimate of drug-likeness (QED) is 0.862. The molecule has 1 aromatic rings. The summed E-state index contributed by atoms with van der Waals surface area (Å²) in [6.45, 7) is 4.54. The fourth-order valence-electron chi connectivity index (χ4n) is 1.73. The van der Waals surface area contributed by atoms with Crippen molar-refractivity contribution < 1.29 is 9.53 Å². The summed E-state index contributed by atoms with van der Waals surface area (Å²) in [6.07, 6.45) is 2.16. The number of amides is 1. The van der Waals surface area contributed by atoms with Crippen molar-refractivity contribution in [3.63, 3.8) is 0 Å². The number of rotatable bonds is 6. The fraction of sp³-hybridized carbons (Fsp3) is 0.500. The normalized spacial score (nSPS) is 10.2. The molecule has 0 saturated heterocycles. The van der Waals surface area contributed by atoms with Crippen LogP contribution in [0.25, 0.3) is 0 Å². The predicted molar refractivity (Wildman–Crippen MR) is 74.4 cm³/mol. The first-order chi connectivity index (χ1) is 8.58. The van der Waals surface area contributed by atoms with Crippen LogP contribution < -0.4 is 10.1 Å². The highest BCUT2D eigenvalue weighted by Crippen LogP contribution is 2.26. The Kier molecular flexibility index (Phi) is 5.99. The second kappa shape index (κ2) is 7.27. The maximum atomic E-state index is 11.3. The van der Waals surface area contributed by atoms with Crippen LogP contribution in [-0.2, 0) is 11.2 Å². The molecule has 0 heterocycles. The number of hydrogen-bond donors (Lipinski definition) is 1. The van der Waals surface area contributed by atoms with E-state index in [0.717, 1.165) is 34.7 Å². The Morgan fingerprint density at radius 1 is 1.44 bits per heavy atom. The van der Waals surface area contributed by atoms with E-state index in [1.54, 1.807) is 7.11 Å². The number of carbonyl (C=O) groups is 1. The highest BCUT2D eigenvalue weighted by molar-refractivity contribution is 6.31. The maximum Gasteiger partial charge on any atom is 0.219 e. The van der Waals surface area contributed by atoms with Gasteiger partial charge in [-0.3, -0.25) is 4.79 Å². The molecule has 0 radical (unpaired) electrons. The van der Waals surface area contributed by atoms with E-state index < -0.39 is 0 Å². The summed E-state index contributed by atoms with van der Waals surface area (Å²) in [5.41, 5.74) is 2.01. The summed E-state index contributed by atoms with van der Waals surface area (Å²) >= 11 is 6.09. The van der Waals surface area contributed by atoms with E-state index in [9.17, 15) is 4.79 Å². The van der Waals surface area contributed by atoms with Gasteiger partial charge in [-0.25, -0.2) is 0 Å². The van der Waals surface area contributed by atoms with Gasteiger partial charge >= 0.3 is 0 Å². The van der Waals surface area contributed by atoms with E-state index in [2.05, 4.69) is 5.32 Å². The summed E-state index contributed by atoms with van der Waals surface area (Å²) in [4.78, 5) is 11.3. The predicted octanol–water partition coefficient (Wildman–Crippen LogP) is 3.12. The van der Waals surface area contributed by atoms with Gasteiger partial charge in [-0.15, -0.1) is 0 Å². The minimum absolute atomic E-state index is 0.0923. The zero-order chi connectivity index (χ0) is 13.5. The van der Waals surface area contributed by atoms with Crippen molar-refractivity contribution in [1.29, 1.82) is 0 Å². The molecule has 0 aromatic heterocycles. The van der Waals surface area contributed by atoms with Crippen LogP contribution in [0.1, 0.15) is 30.9 Å². The Balaban J connectivity index is 2.61. The van der Waals surface area contributed by atoms with Crippen LogP contribution in [0.3, 0.4) is 0 Å². The van der Waals surface area contributed by atoms with E-state index in [1.807, 2.05) is 26.0 Å². The number of hydrogen-bond acceptors (Lipinski definition) is 2. The zero-order valence-electron chi connectivity index (χ0n) is 11.2. The molecule has 0 spiro atoms. The van der Waals surface area contributed by atoms with Crippen molar-refractivity contribution in [3.8, 4) is 5.75 Å². The molecule has 1 amide bonds. The molecule has 1 aromatic carbocycles. The average Bonchev–Trinajstić information content (AvgIpc) is 2.33. The number of benzene rings is 1. The van der Waals surface area contributed by atoms with Crippen molar-refractivity contribution in [2.24, 2.45) is 0 Å². The molecule has 0 fully saturated rings. The number of aryl methyl sites for hydroxylation is 1. The molecular weight excluding hydrogens is 250 g/mol. The van der Waals surface area contributed by atoms with Crippen LogP contribution in [0.5, 0.6) is 5.75 Å². The van der Waals surface area contributed by atoms with Crippen LogP contribution in [0.4, 0.5) is 0 Å². The Hall–Kier alpha value is -1.22. The van der Waals surface area contributed by atoms with Gasteiger partial charge in [0.1, 0.15) is 5.75 Å². The van der Waals surface area contributed by atoms with Crippen molar-refractivity contribution in [2.45, 2.75) is 33.1 Å². The minimum atomic E-state index is 0.0923. The van der Waals surface area contributed by atoms with Crippen molar-refractivity contribution >= 4 is 17.5 Å². The summed E-state index contributed by atoms with van der Waals surface area (Å²) in [7, 11) is 1.64. The van der Waals surface area contributed by atoms with Crippen LogP contribution in [0.2, 0.25) is 5.02 Å². The second-order valence-corrected chi connectivity index (χ2v) is 4.67. The van der Waals surface area contributed by atoms with Gasteiger partial charge in [-0.1, -0.05) is 18.5 Å². The van der Waals surface area contributed by atoms with E-state index in [4.69, 9.17) is 16.3 Å². The number of carbonyl (C=O) groups excluding carboxylic acids is 1. The third kappa shape index (κ3) is 4.22. The first kappa shape index (κ1) is 14.8. The summed E-state index contributed by atoms with van der Waals surface area (Å²) in [5.74, 6) is 0.913. The maximum absolute atomic E-state index is 11.3. The molecule has 0 saturated carbocycles. The fourth-order valence-corrected chi connectivity index (χ4v) is 1.92. The average molecular weight is 270 g/mol. The van der Waals surface area contributed by atoms with Gasteiger partial charge in [-0.2, -0.15) is 0 Å². The first-order valence-corrected chi connectivity index (χ1v) is 6.56. The van der Waals surface area contributed by atoms with Crippen LogP contribution >= 0.6 is 11.6 Å². The lowest BCUT2D eigenvalue weighted by Gasteiger charge is -2.11. The van der Waals surface area contributed by atoms with Gasteiger partial charge in [0.05, 0.1) is 7.11 Å². The van der Waals surface area contributed by atoms with Crippen LogP contribution in [0.15, 0.2) is 12.1 Å². The number of ether oxygens (including phenoxy) is 1. The number of halogens is 1. The monoisotopic (exact) mass is 269 g/mol. The van der Waals surface area contributed by atoms with Gasteiger partial charge in [-0.05, 0) is 43.0 Å². The van der Waals surface area contributed by atoms with Gasteiger partial charge in [0.2, 0.25) is 5.91 Å². The highest BCUT2D eigenvalue weighted by atomic mass is 35.5. The molecule has 0 aliphatic carbocycles. The third-order valence-corrected chi connectivity index (χ3v) is 3.16. The van der Waals surface area contributed by atoms with E-state index in [-0.39, 0.29) is 5.91 Å². The van der Waals surface area contributed by atoms with E-state index in [0.29, 0.717) is 13.0 Å². The molecule has 100 valence electrons. The Morgan fingerprint density at radius 3 is 2.78 bits per heavy atom. The highest BCUT2D eigenvalue weighted by Gasteiger charge is 2.07. The third-order valence-electron chi connectivity index (χ3n) is 2.76. The molecule has 0 bridgehead atoms. The van der Waals surface area contributed by atoms with Crippen molar-refractivity contribution in [3.05, 3.63) is 28.3 Å². The Morgan fingerprint density at radius 2 is 2.17 bits per heavy atom. The number of nitrogens with one attached hydrogen (secondary N) is 1. The lowest BCUT2D eigenvalue weighted by atomic mass is 10.1. The largest absolute Gasteiger partial charge is 0.496 e. The zero-order valence-corrected chi connectivity index (χ0v) is 11.9. The van der Waals surface area contributed by atoms with Crippen LogP contribution in [0, 0.1) is 6.92 Å². The van der Waals surface area contributed by atoms with Crippen LogP contribution in [-0.4, -0.2) is 19.6 Å². The molecule has 1 N–H and O–H groups in total. The second-order valence-electron chi connectivity index (χ2n) is 4.26. The molecule has 18 heavy (non-hydrogen) atoms. The summed E-state index contributed by atoms with van der Waals surface area (Å²) < 4.78 is 5.31. The van der Waals surface area contributed by atoms with Gasteiger partial charge < -0.3 is 10.1 Å². The van der Waals surface area contributed by atoms with Gasteiger partial charge in [0.25, 0.3) is 0 Å². The Bertz CT molecular complexity index is 419. The SMILES string of the molecule is CCCC(=O)NCCc1cc(Cl)c(C)cc1OC. The lowest BCUT2D eigenvalue weighted by Crippen LogP contribution is -2.25. The molecule has 0 atom stereocenters. The molecular formula is C14H20ClNO2. The molecule has 0 unspecified atom stereocenters. The smallest absolute Gasteiger partial charge is 0.219 e. The Labute approximate surface area is 113 Å². The summed E-state index contributed by atoms with van der Waals surface area (Å²) in [5, 5.41) is 3.61. The number of methoxy groups -OCH3 is 1. The van der Waals surface area contributed by atoms with Gasteiger partial charge in [0.15, 0.2) is 0 Å². The molecule has 3 nitrogen and oxygen atoms in total. The lowest BCUT2D eigenvalue weighted by molar-refractivity contribution is -0.121. The molecule has 0 aliphatic heterocycles. The standard InChI is InChI=1S/C14H20ClNO2/c1-4-5-14(17)16-7-6-11-9-12(15)10(2)8-13(11)18-3/h8-9H,4-7H2,1-3H3,(H,16,17). The molecule has 1 rings (SSSR count). The molecule has 4 heteroatoms. The summed E-state index contributed by atoms with van der Waals surface area (Å²) in [6, 6.07) is 3.83. The minimum Gasteiger partial charge on any atom is -0.496 e. The van der Waals surface area contributed by atoms with E-state index >= 15 is 0 Å².